The van der Waals surface area contributed by atoms with Gasteiger partial charge in [0, 0.05) is 19.5 Å². The maximum absolute atomic E-state index is 12.8. The molecular weight excluding hydrogens is 272 g/mol. The molecule has 1 aromatic heterocycles. The SMILES string of the molecule is CC1(C(=O)O)CCCCN1C(=O)C1Cc2nc[nH]c2CN1. The zero-order chi connectivity index (χ0) is 15.0. The number of hydrogen-bond acceptors (Lipinski definition) is 4. The second kappa shape index (κ2) is 5.14. The van der Waals surface area contributed by atoms with Gasteiger partial charge >= 0.3 is 5.97 Å². The molecule has 0 saturated carbocycles. The van der Waals surface area contributed by atoms with Gasteiger partial charge in [-0.05, 0) is 26.2 Å². The summed E-state index contributed by atoms with van der Waals surface area (Å²) in [5.74, 6) is -1.06. The predicted molar refractivity (Wildman–Crippen MR) is 74.5 cm³/mol. The number of carboxylic acids is 1. The van der Waals surface area contributed by atoms with Gasteiger partial charge in [-0.25, -0.2) is 9.78 Å². The van der Waals surface area contributed by atoms with Gasteiger partial charge in [0.25, 0.3) is 0 Å². The first-order valence-corrected chi connectivity index (χ1v) is 7.32. The van der Waals surface area contributed by atoms with Crippen molar-refractivity contribution in [2.75, 3.05) is 6.54 Å². The highest BCUT2D eigenvalue weighted by Gasteiger charge is 2.45. The molecule has 2 atom stereocenters. The van der Waals surface area contributed by atoms with E-state index in [4.69, 9.17) is 0 Å². The lowest BCUT2D eigenvalue weighted by atomic mass is 9.87. The van der Waals surface area contributed by atoms with E-state index in [0.29, 0.717) is 25.9 Å². The molecular formula is C14H20N4O3. The number of likely N-dealkylation sites (tertiary alicyclic amines) is 1. The predicted octanol–water partition coefficient (Wildman–Crippen LogP) is 0.280. The number of H-pyrrole nitrogens is 1. The number of rotatable bonds is 2. The van der Waals surface area contributed by atoms with Gasteiger partial charge in [-0.3, -0.25) is 10.1 Å². The van der Waals surface area contributed by atoms with Crippen molar-refractivity contribution >= 4 is 11.9 Å². The van der Waals surface area contributed by atoms with Crippen molar-refractivity contribution < 1.29 is 14.7 Å². The van der Waals surface area contributed by atoms with Crippen LogP contribution in [0.4, 0.5) is 0 Å². The molecule has 0 spiro atoms. The third-order valence-electron chi connectivity index (χ3n) is 4.65. The van der Waals surface area contributed by atoms with Gasteiger partial charge in [-0.2, -0.15) is 0 Å². The Labute approximate surface area is 122 Å². The summed E-state index contributed by atoms with van der Waals surface area (Å²) in [5, 5.41) is 12.7. The maximum Gasteiger partial charge on any atom is 0.329 e. The first-order valence-electron chi connectivity index (χ1n) is 7.32. The number of carboxylic acid groups (broad SMARTS) is 1. The smallest absolute Gasteiger partial charge is 0.329 e. The number of aromatic nitrogens is 2. The second-order valence-electron chi connectivity index (χ2n) is 5.99. The van der Waals surface area contributed by atoms with Gasteiger partial charge in [0.15, 0.2) is 0 Å². The van der Waals surface area contributed by atoms with Crippen molar-refractivity contribution in [2.45, 2.75) is 50.7 Å². The van der Waals surface area contributed by atoms with Crippen LogP contribution < -0.4 is 5.32 Å². The lowest BCUT2D eigenvalue weighted by Gasteiger charge is -2.43. The molecule has 2 aliphatic rings. The molecule has 3 N–H and O–H groups in total. The topological polar surface area (TPSA) is 98.3 Å². The molecule has 1 aromatic rings. The summed E-state index contributed by atoms with van der Waals surface area (Å²) in [4.78, 5) is 33.2. The Morgan fingerprint density at radius 1 is 1.48 bits per heavy atom. The largest absolute Gasteiger partial charge is 0.480 e. The lowest BCUT2D eigenvalue weighted by Crippen LogP contribution is -2.62. The molecule has 0 radical (unpaired) electrons. The summed E-state index contributed by atoms with van der Waals surface area (Å²) < 4.78 is 0. The fourth-order valence-corrected chi connectivity index (χ4v) is 3.23. The van der Waals surface area contributed by atoms with Gasteiger partial charge in [-0.15, -0.1) is 0 Å². The van der Waals surface area contributed by atoms with Crippen molar-refractivity contribution in [1.82, 2.24) is 20.2 Å². The molecule has 3 heterocycles. The Morgan fingerprint density at radius 3 is 3.05 bits per heavy atom. The van der Waals surface area contributed by atoms with E-state index in [2.05, 4.69) is 15.3 Å². The number of amides is 1. The van der Waals surface area contributed by atoms with Crippen LogP contribution in [0.1, 0.15) is 37.6 Å². The summed E-state index contributed by atoms with van der Waals surface area (Å²) in [5.41, 5.74) is 0.794. The van der Waals surface area contributed by atoms with E-state index in [-0.39, 0.29) is 5.91 Å². The van der Waals surface area contributed by atoms with Crippen LogP contribution in [-0.4, -0.2) is 50.0 Å². The summed E-state index contributed by atoms with van der Waals surface area (Å²) in [6.45, 7) is 2.71. The monoisotopic (exact) mass is 292 g/mol. The van der Waals surface area contributed by atoms with Gasteiger partial charge in [0.05, 0.1) is 23.8 Å². The zero-order valence-electron chi connectivity index (χ0n) is 12.1. The number of aromatic amines is 1. The van der Waals surface area contributed by atoms with Gasteiger partial charge in [-0.1, -0.05) is 0 Å². The van der Waals surface area contributed by atoms with Gasteiger partial charge < -0.3 is 15.0 Å². The molecule has 0 aromatic carbocycles. The average molecular weight is 292 g/mol. The van der Waals surface area contributed by atoms with Crippen molar-refractivity contribution in [3.05, 3.63) is 17.7 Å². The molecule has 0 bridgehead atoms. The highest BCUT2D eigenvalue weighted by atomic mass is 16.4. The van der Waals surface area contributed by atoms with Crippen LogP contribution in [0, 0.1) is 0 Å². The average Bonchev–Trinajstić information content (AvgIpc) is 2.94. The number of nitrogens with zero attached hydrogens (tertiary/aromatic N) is 2. The minimum atomic E-state index is -1.09. The first kappa shape index (κ1) is 14.1. The van der Waals surface area contributed by atoms with Crippen molar-refractivity contribution in [3.63, 3.8) is 0 Å². The van der Waals surface area contributed by atoms with Crippen LogP contribution in [0.5, 0.6) is 0 Å². The van der Waals surface area contributed by atoms with E-state index in [1.165, 1.54) is 4.90 Å². The van der Waals surface area contributed by atoms with E-state index >= 15 is 0 Å². The minimum absolute atomic E-state index is 0.131. The molecule has 7 heteroatoms. The number of piperidine rings is 1. The van der Waals surface area contributed by atoms with Crippen molar-refractivity contribution in [3.8, 4) is 0 Å². The normalized spacial score (nSPS) is 29.0. The zero-order valence-corrected chi connectivity index (χ0v) is 12.1. The Morgan fingerprint density at radius 2 is 2.29 bits per heavy atom. The number of carbonyl (C=O) groups excluding carboxylic acids is 1. The Hall–Kier alpha value is -1.89. The fourth-order valence-electron chi connectivity index (χ4n) is 3.23. The molecule has 1 saturated heterocycles. The van der Waals surface area contributed by atoms with E-state index < -0.39 is 17.6 Å². The van der Waals surface area contributed by atoms with Crippen LogP contribution in [0.25, 0.3) is 0 Å². The molecule has 0 aliphatic carbocycles. The second-order valence-corrected chi connectivity index (χ2v) is 5.99. The highest BCUT2D eigenvalue weighted by molar-refractivity contribution is 5.90. The number of fused-ring (bicyclic) bond motifs is 1. The third kappa shape index (κ3) is 2.31. The fraction of sp³-hybridized carbons (Fsp3) is 0.643. The van der Waals surface area contributed by atoms with Crippen molar-refractivity contribution in [2.24, 2.45) is 0 Å². The minimum Gasteiger partial charge on any atom is -0.480 e. The summed E-state index contributed by atoms with van der Waals surface area (Å²) in [6, 6.07) is -0.391. The van der Waals surface area contributed by atoms with Crippen molar-refractivity contribution in [1.29, 1.82) is 0 Å². The summed E-state index contributed by atoms with van der Waals surface area (Å²) in [7, 11) is 0. The van der Waals surface area contributed by atoms with Gasteiger partial charge in [0.1, 0.15) is 5.54 Å². The number of hydrogen-bond donors (Lipinski definition) is 3. The Kier molecular flexibility index (Phi) is 3.44. The first-order chi connectivity index (χ1) is 10.0. The lowest BCUT2D eigenvalue weighted by molar-refractivity contribution is -0.162. The van der Waals surface area contributed by atoms with Crippen LogP contribution in [-0.2, 0) is 22.6 Å². The van der Waals surface area contributed by atoms with E-state index in [0.717, 1.165) is 24.2 Å². The molecule has 1 amide bonds. The molecule has 2 aliphatic heterocycles. The molecule has 1 fully saturated rings. The van der Waals surface area contributed by atoms with Crippen LogP contribution >= 0.6 is 0 Å². The van der Waals surface area contributed by atoms with E-state index in [1.807, 2.05) is 0 Å². The molecule has 7 nitrogen and oxygen atoms in total. The maximum atomic E-state index is 12.8. The molecule has 3 rings (SSSR count). The quantitative estimate of drug-likeness (QED) is 0.727. The van der Waals surface area contributed by atoms with E-state index in [1.54, 1.807) is 13.3 Å². The number of aliphatic carboxylic acids is 1. The summed E-state index contributed by atoms with van der Waals surface area (Å²) >= 11 is 0. The highest BCUT2D eigenvalue weighted by Crippen LogP contribution is 2.29. The van der Waals surface area contributed by atoms with Crippen LogP contribution in [0.3, 0.4) is 0 Å². The van der Waals surface area contributed by atoms with Crippen LogP contribution in [0.15, 0.2) is 6.33 Å². The number of carbonyl (C=O) groups is 2. The molecule has 21 heavy (non-hydrogen) atoms. The summed E-state index contributed by atoms with van der Waals surface area (Å²) in [6.07, 6.45) is 4.34. The molecule has 2 unspecified atom stereocenters. The number of nitrogens with one attached hydrogen (secondary N) is 2. The Balaban J connectivity index is 1.80. The Bertz CT molecular complexity index is 570. The number of imidazole rings is 1. The standard InChI is InChI=1S/C14H20N4O3/c1-14(13(20)21)4-2-3-5-18(14)12(19)10-6-9-11(7-15-10)17-8-16-9/h8,10,15H,2-7H2,1H3,(H,16,17)(H,20,21). The molecule has 114 valence electrons. The van der Waals surface area contributed by atoms with Gasteiger partial charge in [0.2, 0.25) is 5.91 Å². The third-order valence-corrected chi connectivity index (χ3v) is 4.65. The van der Waals surface area contributed by atoms with Crippen LogP contribution in [0.2, 0.25) is 0 Å². The van der Waals surface area contributed by atoms with E-state index in [9.17, 15) is 14.7 Å².